The second kappa shape index (κ2) is 5.94. The highest BCUT2D eigenvalue weighted by molar-refractivity contribution is 5.94. The van der Waals surface area contributed by atoms with E-state index >= 15 is 0 Å². The third-order valence-corrected chi connectivity index (χ3v) is 2.23. The number of benzene rings is 1. The molecule has 90 valence electrons. The Morgan fingerprint density at radius 2 is 2.24 bits per heavy atom. The van der Waals surface area contributed by atoms with Gasteiger partial charge in [-0.1, -0.05) is 19.4 Å². The van der Waals surface area contributed by atoms with Crippen LogP contribution in [0.1, 0.15) is 30.1 Å². The van der Waals surface area contributed by atoms with Gasteiger partial charge in [-0.05, 0) is 18.6 Å². The molecule has 1 N–H and O–H groups in total. The maximum Gasteiger partial charge on any atom is 0.255 e. The van der Waals surface area contributed by atoms with Crippen molar-refractivity contribution in [1.82, 2.24) is 5.32 Å². The largest absolute Gasteiger partial charge is 0.336 e. The highest BCUT2D eigenvalue weighted by Gasteiger charge is 2.17. The number of amides is 1. The first-order valence-corrected chi connectivity index (χ1v) is 5.24. The SMILES string of the molecule is CCCC(C#N)NC(=O)c1cccc(F)c1F. The van der Waals surface area contributed by atoms with Gasteiger partial charge in [0.05, 0.1) is 11.6 Å². The molecule has 17 heavy (non-hydrogen) atoms. The van der Waals surface area contributed by atoms with Crippen LogP contribution in [0.4, 0.5) is 8.78 Å². The number of carbonyl (C=O) groups excluding carboxylic acids is 1. The summed E-state index contributed by atoms with van der Waals surface area (Å²) in [6, 6.07) is 4.55. The summed E-state index contributed by atoms with van der Waals surface area (Å²) in [6.07, 6.45) is 1.18. The molecule has 0 aliphatic heterocycles. The molecule has 1 aromatic rings. The van der Waals surface area contributed by atoms with E-state index in [0.717, 1.165) is 6.07 Å². The predicted molar refractivity (Wildman–Crippen MR) is 58.1 cm³/mol. The molecule has 1 aromatic carbocycles. The van der Waals surface area contributed by atoms with Crippen LogP contribution in [0.15, 0.2) is 18.2 Å². The molecule has 0 bridgehead atoms. The molecule has 0 saturated carbocycles. The summed E-state index contributed by atoms with van der Waals surface area (Å²) in [7, 11) is 0. The number of hydrogen-bond acceptors (Lipinski definition) is 2. The van der Waals surface area contributed by atoms with E-state index in [1.54, 1.807) is 0 Å². The van der Waals surface area contributed by atoms with Crippen molar-refractivity contribution in [1.29, 1.82) is 5.26 Å². The average molecular weight is 238 g/mol. The van der Waals surface area contributed by atoms with Crippen LogP contribution in [0.2, 0.25) is 0 Å². The molecule has 1 atom stereocenters. The Bertz CT molecular complexity index is 454. The van der Waals surface area contributed by atoms with Gasteiger partial charge in [0.15, 0.2) is 11.6 Å². The number of nitriles is 1. The van der Waals surface area contributed by atoms with E-state index < -0.39 is 23.6 Å². The van der Waals surface area contributed by atoms with Gasteiger partial charge in [-0.25, -0.2) is 8.78 Å². The fourth-order valence-electron chi connectivity index (χ4n) is 1.37. The van der Waals surface area contributed by atoms with E-state index in [4.69, 9.17) is 5.26 Å². The highest BCUT2D eigenvalue weighted by Crippen LogP contribution is 2.11. The predicted octanol–water partition coefficient (Wildman–Crippen LogP) is 2.39. The highest BCUT2D eigenvalue weighted by atomic mass is 19.2. The zero-order chi connectivity index (χ0) is 12.8. The molecule has 3 nitrogen and oxygen atoms in total. The molecule has 1 unspecified atom stereocenters. The van der Waals surface area contributed by atoms with Crippen molar-refractivity contribution in [2.75, 3.05) is 0 Å². The van der Waals surface area contributed by atoms with Crippen molar-refractivity contribution in [2.45, 2.75) is 25.8 Å². The number of carbonyl (C=O) groups is 1. The van der Waals surface area contributed by atoms with Crippen LogP contribution >= 0.6 is 0 Å². The van der Waals surface area contributed by atoms with Gasteiger partial charge in [0.2, 0.25) is 0 Å². The quantitative estimate of drug-likeness (QED) is 0.875. The second-order valence-electron chi connectivity index (χ2n) is 3.55. The van der Waals surface area contributed by atoms with Crippen molar-refractivity contribution >= 4 is 5.91 Å². The molecule has 0 aromatic heterocycles. The van der Waals surface area contributed by atoms with Crippen LogP contribution in [0.25, 0.3) is 0 Å². The summed E-state index contributed by atoms with van der Waals surface area (Å²) in [5, 5.41) is 11.1. The van der Waals surface area contributed by atoms with Gasteiger partial charge in [-0.2, -0.15) is 5.26 Å². The third kappa shape index (κ3) is 3.25. The summed E-state index contributed by atoms with van der Waals surface area (Å²) in [4.78, 5) is 11.6. The van der Waals surface area contributed by atoms with E-state index in [2.05, 4.69) is 5.32 Å². The zero-order valence-corrected chi connectivity index (χ0v) is 9.34. The van der Waals surface area contributed by atoms with Gasteiger partial charge >= 0.3 is 0 Å². The number of halogens is 2. The lowest BCUT2D eigenvalue weighted by Gasteiger charge is -2.10. The Labute approximate surface area is 98.1 Å². The number of nitrogens with zero attached hydrogens (tertiary/aromatic N) is 1. The smallest absolute Gasteiger partial charge is 0.255 e. The summed E-state index contributed by atoms with van der Waals surface area (Å²) in [6.45, 7) is 1.86. The van der Waals surface area contributed by atoms with Crippen molar-refractivity contribution in [2.24, 2.45) is 0 Å². The zero-order valence-electron chi connectivity index (χ0n) is 9.34. The minimum absolute atomic E-state index is 0.388. The molecule has 5 heteroatoms. The van der Waals surface area contributed by atoms with Crippen LogP contribution in [-0.2, 0) is 0 Å². The normalized spacial score (nSPS) is 11.6. The van der Waals surface area contributed by atoms with Crippen molar-refractivity contribution in [3.8, 4) is 6.07 Å². The minimum atomic E-state index is -1.20. The van der Waals surface area contributed by atoms with Gasteiger partial charge in [0, 0.05) is 0 Å². The van der Waals surface area contributed by atoms with Crippen LogP contribution < -0.4 is 5.32 Å². The first-order chi connectivity index (χ1) is 8.10. The molecule has 0 spiro atoms. The van der Waals surface area contributed by atoms with Crippen LogP contribution in [0.3, 0.4) is 0 Å². The summed E-state index contributed by atoms with van der Waals surface area (Å²) in [5.41, 5.74) is -0.388. The third-order valence-electron chi connectivity index (χ3n) is 2.23. The van der Waals surface area contributed by atoms with E-state index in [9.17, 15) is 13.6 Å². The van der Waals surface area contributed by atoms with Gasteiger partial charge in [-0.15, -0.1) is 0 Å². The fraction of sp³-hybridized carbons (Fsp3) is 0.333. The maximum absolute atomic E-state index is 13.3. The molecule has 1 rings (SSSR count). The standard InChI is InChI=1S/C12H12F2N2O/c1-2-4-8(7-15)16-12(17)9-5-3-6-10(13)11(9)14/h3,5-6,8H,2,4H2,1H3,(H,16,17). The molecule has 0 saturated heterocycles. The summed E-state index contributed by atoms with van der Waals surface area (Å²) < 4.78 is 26.2. The van der Waals surface area contributed by atoms with E-state index in [0.29, 0.717) is 12.8 Å². The summed E-state index contributed by atoms with van der Waals surface area (Å²) in [5.74, 6) is -3.05. The molecule has 0 aliphatic carbocycles. The van der Waals surface area contributed by atoms with Gasteiger partial charge in [-0.3, -0.25) is 4.79 Å². The van der Waals surface area contributed by atoms with Crippen molar-refractivity contribution in [3.63, 3.8) is 0 Å². The lowest BCUT2D eigenvalue weighted by atomic mass is 10.1. The molecular weight excluding hydrogens is 226 g/mol. The lowest BCUT2D eigenvalue weighted by molar-refractivity contribution is 0.0939. The van der Waals surface area contributed by atoms with Gasteiger partial charge in [0.25, 0.3) is 5.91 Å². The maximum atomic E-state index is 13.3. The minimum Gasteiger partial charge on any atom is -0.336 e. The van der Waals surface area contributed by atoms with Gasteiger partial charge in [0.1, 0.15) is 6.04 Å². The fourth-order valence-corrected chi connectivity index (χ4v) is 1.37. The lowest BCUT2D eigenvalue weighted by Crippen LogP contribution is -2.34. The Hall–Kier alpha value is -1.96. The molecule has 0 heterocycles. The Kier molecular flexibility index (Phi) is 4.58. The van der Waals surface area contributed by atoms with Crippen molar-refractivity contribution in [3.05, 3.63) is 35.4 Å². The first kappa shape index (κ1) is 13.1. The van der Waals surface area contributed by atoms with E-state index in [-0.39, 0.29) is 5.56 Å². The van der Waals surface area contributed by atoms with E-state index in [1.165, 1.54) is 12.1 Å². The Morgan fingerprint density at radius 3 is 2.82 bits per heavy atom. The second-order valence-corrected chi connectivity index (χ2v) is 3.55. The first-order valence-electron chi connectivity index (χ1n) is 5.24. The topological polar surface area (TPSA) is 52.9 Å². The van der Waals surface area contributed by atoms with Crippen LogP contribution in [0.5, 0.6) is 0 Å². The Morgan fingerprint density at radius 1 is 1.53 bits per heavy atom. The molecule has 0 aliphatic rings. The van der Waals surface area contributed by atoms with Crippen LogP contribution in [-0.4, -0.2) is 11.9 Å². The van der Waals surface area contributed by atoms with Crippen LogP contribution in [0, 0.1) is 23.0 Å². The Balaban J connectivity index is 2.83. The van der Waals surface area contributed by atoms with Crippen molar-refractivity contribution < 1.29 is 13.6 Å². The van der Waals surface area contributed by atoms with Gasteiger partial charge < -0.3 is 5.32 Å². The molecule has 0 radical (unpaired) electrons. The summed E-state index contributed by atoms with van der Waals surface area (Å²) >= 11 is 0. The number of rotatable bonds is 4. The average Bonchev–Trinajstić information content (AvgIpc) is 2.31. The van der Waals surface area contributed by atoms with E-state index in [1.807, 2.05) is 13.0 Å². The molecule has 0 fully saturated rings. The molecule has 1 amide bonds. The number of nitrogens with one attached hydrogen (secondary N) is 1. The monoisotopic (exact) mass is 238 g/mol. The number of hydrogen-bond donors (Lipinski definition) is 1. The molecular formula is C12H12F2N2O.